The van der Waals surface area contributed by atoms with E-state index in [0.29, 0.717) is 0 Å². The van der Waals surface area contributed by atoms with Crippen LogP contribution in [0.15, 0.2) is 24.3 Å². The smallest absolute Gasteiger partial charge is 0.330 e. The van der Waals surface area contributed by atoms with E-state index in [9.17, 15) is 14.4 Å². The van der Waals surface area contributed by atoms with Crippen molar-refractivity contribution < 1.29 is 39.9 Å². The van der Waals surface area contributed by atoms with Crippen LogP contribution < -0.4 is 0 Å². The van der Waals surface area contributed by atoms with Crippen LogP contribution in [0.1, 0.15) is 20.8 Å². The second-order valence-electron chi connectivity index (χ2n) is 4.35. The molecule has 0 amide bonds. The Kier molecular flexibility index (Phi) is 13.2. The van der Waals surface area contributed by atoms with Crippen molar-refractivity contribution in [3.8, 4) is 0 Å². The fraction of sp³-hybridized carbons (Fsp3) is 0.462. The van der Waals surface area contributed by atoms with Gasteiger partial charge >= 0.3 is 17.9 Å². The van der Waals surface area contributed by atoms with Crippen molar-refractivity contribution in [2.24, 2.45) is 5.41 Å². The number of aliphatic carboxylic acids is 3. The zero-order chi connectivity index (χ0) is 17.8. The Morgan fingerprint density at radius 2 is 1.05 bits per heavy atom. The molecule has 0 heterocycles. The van der Waals surface area contributed by atoms with Gasteiger partial charge in [0.1, 0.15) is 5.41 Å². The van der Waals surface area contributed by atoms with Gasteiger partial charge in [0.15, 0.2) is 0 Å². The maximum Gasteiger partial charge on any atom is 0.330 e. The van der Waals surface area contributed by atoms with Crippen molar-refractivity contribution in [1.29, 1.82) is 0 Å². The number of aliphatic hydroxyl groups excluding tert-OH is 2. The fourth-order valence-electron chi connectivity index (χ4n) is 0.185. The SMILES string of the molecule is C=C(C)C(=O)O.C=C(C)C(=O)O.CC(CO)(CO)C(=O)O. The standard InChI is InChI=1S/C5H10O4.2C4H6O2/c1-5(2-6,3-7)4(8)9;2*1-3(2)4(5)6/h6-7H,2-3H2,1H3,(H,8,9);2*1H2,2H3,(H,5,6). The third kappa shape index (κ3) is 14.0. The summed E-state index contributed by atoms with van der Waals surface area (Å²) in [7, 11) is 0. The summed E-state index contributed by atoms with van der Waals surface area (Å²) in [6.45, 7) is 9.39. The van der Waals surface area contributed by atoms with Crippen LogP contribution in [0.4, 0.5) is 0 Å². The van der Waals surface area contributed by atoms with E-state index in [1.807, 2.05) is 0 Å². The van der Waals surface area contributed by atoms with Crippen molar-refractivity contribution in [3.63, 3.8) is 0 Å². The molecule has 8 heteroatoms. The van der Waals surface area contributed by atoms with Gasteiger partial charge in [0, 0.05) is 11.1 Å². The van der Waals surface area contributed by atoms with Crippen LogP contribution in [0.2, 0.25) is 0 Å². The first-order valence-electron chi connectivity index (χ1n) is 5.58. The van der Waals surface area contributed by atoms with Crippen LogP contribution in [-0.2, 0) is 14.4 Å². The quantitative estimate of drug-likeness (QED) is 0.456. The topological polar surface area (TPSA) is 152 Å². The van der Waals surface area contributed by atoms with E-state index in [1.54, 1.807) is 0 Å². The Bertz CT molecular complexity index is 345. The van der Waals surface area contributed by atoms with Gasteiger partial charge < -0.3 is 25.5 Å². The maximum absolute atomic E-state index is 10.2. The van der Waals surface area contributed by atoms with E-state index in [4.69, 9.17) is 25.5 Å². The highest BCUT2D eigenvalue weighted by atomic mass is 16.4. The van der Waals surface area contributed by atoms with Crippen LogP contribution in [-0.4, -0.2) is 56.7 Å². The van der Waals surface area contributed by atoms with E-state index in [-0.39, 0.29) is 11.1 Å². The Morgan fingerprint density at radius 1 is 0.857 bits per heavy atom. The molecular formula is C13H22O8. The first-order chi connectivity index (χ1) is 9.35. The molecular weight excluding hydrogens is 284 g/mol. The summed E-state index contributed by atoms with van der Waals surface area (Å²) >= 11 is 0. The monoisotopic (exact) mass is 306 g/mol. The average Bonchev–Trinajstić information content (AvgIpc) is 2.38. The second kappa shape index (κ2) is 11.6. The summed E-state index contributed by atoms with van der Waals surface area (Å²) in [6.07, 6.45) is 0. The van der Waals surface area contributed by atoms with Gasteiger partial charge in [-0.15, -0.1) is 0 Å². The van der Waals surface area contributed by atoms with Crippen molar-refractivity contribution in [2.75, 3.05) is 13.2 Å². The molecule has 0 spiro atoms. The van der Waals surface area contributed by atoms with E-state index >= 15 is 0 Å². The molecule has 0 fully saturated rings. The van der Waals surface area contributed by atoms with E-state index in [1.165, 1.54) is 20.8 Å². The molecule has 0 rings (SSSR count). The molecule has 0 aliphatic rings. The number of aliphatic hydroxyl groups is 2. The largest absolute Gasteiger partial charge is 0.481 e. The van der Waals surface area contributed by atoms with Gasteiger partial charge in [-0.05, 0) is 20.8 Å². The van der Waals surface area contributed by atoms with Gasteiger partial charge in [-0.2, -0.15) is 0 Å². The third-order valence-electron chi connectivity index (χ3n) is 1.94. The second-order valence-corrected chi connectivity index (χ2v) is 4.35. The summed E-state index contributed by atoms with van der Waals surface area (Å²) < 4.78 is 0. The van der Waals surface area contributed by atoms with Crippen LogP contribution >= 0.6 is 0 Å². The Balaban J connectivity index is -0.000000240. The highest BCUT2D eigenvalue weighted by Crippen LogP contribution is 2.12. The summed E-state index contributed by atoms with van der Waals surface area (Å²) in [5.74, 6) is -3.06. The Labute approximate surface area is 122 Å². The van der Waals surface area contributed by atoms with E-state index in [2.05, 4.69) is 13.2 Å². The van der Waals surface area contributed by atoms with Gasteiger partial charge in [0.05, 0.1) is 13.2 Å². The molecule has 8 nitrogen and oxygen atoms in total. The number of hydrogen-bond donors (Lipinski definition) is 5. The molecule has 122 valence electrons. The molecule has 0 aromatic carbocycles. The maximum atomic E-state index is 10.2. The van der Waals surface area contributed by atoms with Crippen LogP contribution in [0.25, 0.3) is 0 Å². The van der Waals surface area contributed by atoms with Crippen molar-refractivity contribution in [1.82, 2.24) is 0 Å². The highest BCUT2D eigenvalue weighted by molar-refractivity contribution is 5.85. The molecule has 0 saturated carbocycles. The first kappa shape index (κ1) is 23.9. The minimum absolute atomic E-state index is 0.176. The van der Waals surface area contributed by atoms with Gasteiger partial charge in [0.25, 0.3) is 0 Å². The summed E-state index contributed by atoms with van der Waals surface area (Å²) in [4.78, 5) is 29.4. The predicted octanol–water partition coefficient (Wildman–Crippen LogP) is 0.356. The fourth-order valence-corrected chi connectivity index (χ4v) is 0.185. The number of carboxylic acid groups (broad SMARTS) is 3. The average molecular weight is 306 g/mol. The molecule has 0 aliphatic heterocycles. The molecule has 0 aromatic rings. The van der Waals surface area contributed by atoms with E-state index in [0.717, 1.165) is 0 Å². The van der Waals surface area contributed by atoms with Gasteiger partial charge in [0.2, 0.25) is 0 Å². The minimum atomic E-state index is -1.39. The summed E-state index contributed by atoms with van der Waals surface area (Å²) in [5, 5.41) is 40.9. The zero-order valence-electron chi connectivity index (χ0n) is 12.3. The third-order valence-corrected chi connectivity index (χ3v) is 1.94. The lowest BCUT2D eigenvalue weighted by atomic mass is 9.94. The molecule has 0 aromatic heterocycles. The van der Waals surface area contributed by atoms with E-state index < -0.39 is 36.5 Å². The lowest BCUT2D eigenvalue weighted by Crippen LogP contribution is -2.35. The number of carboxylic acids is 3. The number of carbonyl (C=O) groups is 3. The Morgan fingerprint density at radius 3 is 1.05 bits per heavy atom. The number of rotatable bonds is 5. The van der Waals surface area contributed by atoms with Crippen LogP contribution in [0.5, 0.6) is 0 Å². The van der Waals surface area contributed by atoms with Gasteiger partial charge in [-0.3, -0.25) is 4.79 Å². The zero-order valence-corrected chi connectivity index (χ0v) is 12.3. The molecule has 0 aliphatic carbocycles. The normalized spacial score (nSPS) is 9.19. The first-order valence-corrected chi connectivity index (χ1v) is 5.58. The van der Waals surface area contributed by atoms with Crippen molar-refractivity contribution in [2.45, 2.75) is 20.8 Å². The van der Waals surface area contributed by atoms with Crippen LogP contribution in [0.3, 0.4) is 0 Å². The van der Waals surface area contributed by atoms with Crippen LogP contribution in [0, 0.1) is 5.41 Å². The Hall–Kier alpha value is -2.19. The van der Waals surface area contributed by atoms with Crippen molar-refractivity contribution >= 4 is 17.9 Å². The molecule has 21 heavy (non-hydrogen) atoms. The minimum Gasteiger partial charge on any atom is -0.481 e. The molecule has 0 atom stereocenters. The predicted molar refractivity (Wildman–Crippen MR) is 74.8 cm³/mol. The van der Waals surface area contributed by atoms with Crippen molar-refractivity contribution in [3.05, 3.63) is 24.3 Å². The lowest BCUT2D eigenvalue weighted by Gasteiger charge is -2.17. The van der Waals surface area contributed by atoms with Gasteiger partial charge in [-0.1, -0.05) is 13.2 Å². The summed E-state index contributed by atoms with van der Waals surface area (Å²) in [6, 6.07) is 0. The molecule has 0 unspecified atom stereocenters. The molecule has 0 radical (unpaired) electrons. The van der Waals surface area contributed by atoms with Gasteiger partial charge in [-0.25, -0.2) is 9.59 Å². The molecule has 0 bridgehead atoms. The molecule has 0 saturated heterocycles. The summed E-state index contributed by atoms with van der Waals surface area (Å²) in [5.41, 5.74) is -1.04. The highest BCUT2D eigenvalue weighted by Gasteiger charge is 2.31. The lowest BCUT2D eigenvalue weighted by molar-refractivity contribution is -0.153. The molecule has 5 N–H and O–H groups in total. The number of hydrogen-bond acceptors (Lipinski definition) is 5.